The van der Waals surface area contributed by atoms with E-state index >= 15 is 0 Å². The van der Waals surface area contributed by atoms with Gasteiger partial charge in [0.15, 0.2) is 5.17 Å². The molecule has 1 fully saturated rings. The number of carbonyl (C=O) groups excluding carboxylic acids is 1. The lowest BCUT2D eigenvalue weighted by Crippen LogP contribution is -2.27. The lowest BCUT2D eigenvalue weighted by Gasteiger charge is -2.33. The Hall–Kier alpha value is -1.50. The minimum absolute atomic E-state index is 0.189. The van der Waals surface area contributed by atoms with Crippen LogP contribution in [0, 0.1) is 11.3 Å². The first-order chi connectivity index (χ1) is 10.3. The second-order valence-electron chi connectivity index (χ2n) is 6.79. The minimum Gasteiger partial charge on any atom is -0.481 e. The summed E-state index contributed by atoms with van der Waals surface area (Å²) in [5.74, 6) is -0.602. The summed E-state index contributed by atoms with van der Waals surface area (Å²) < 4.78 is 0. The van der Waals surface area contributed by atoms with Gasteiger partial charge in [0.05, 0.1) is 6.42 Å². The third-order valence-corrected chi connectivity index (χ3v) is 5.16. The molecule has 2 aliphatic rings. The van der Waals surface area contributed by atoms with Crippen molar-refractivity contribution in [3.8, 4) is 0 Å². The van der Waals surface area contributed by atoms with Crippen LogP contribution in [0.1, 0.15) is 46.5 Å². The van der Waals surface area contributed by atoms with Crippen LogP contribution in [0.5, 0.6) is 0 Å². The zero-order valence-electron chi connectivity index (χ0n) is 13.2. The maximum atomic E-state index is 11.6. The molecule has 0 saturated carbocycles. The van der Waals surface area contributed by atoms with Gasteiger partial charge in [0.2, 0.25) is 5.91 Å². The number of hydrogen-bond donors (Lipinski definition) is 3. The molecule has 0 bridgehead atoms. The predicted molar refractivity (Wildman–Crippen MR) is 87.2 cm³/mol. The highest BCUT2D eigenvalue weighted by Crippen LogP contribution is 2.36. The fourth-order valence-corrected chi connectivity index (χ4v) is 3.51. The number of aliphatic carboxylic acids is 1. The van der Waals surface area contributed by atoms with E-state index in [2.05, 4.69) is 42.7 Å². The second kappa shape index (κ2) is 6.73. The smallest absolute Gasteiger partial charge is 0.305 e. The Labute approximate surface area is 134 Å². The van der Waals surface area contributed by atoms with Gasteiger partial charge in [-0.2, -0.15) is 5.10 Å². The molecule has 122 valence electrons. The highest BCUT2D eigenvalue weighted by Gasteiger charge is 2.32. The van der Waals surface area contributed by atoms with Gasteiger partial charge in [-0.1, -0.05) is 38.6 Å². The second-order valence-corrected chi connectivity index (χ2v) is 7.98. The van der Waals surface area contributed by atoms with E-state index in [4.69, 9.17) is 5.11 Å². The van der Waals surface area contributed by atoms with Crippen molar-refractivity contribution >= 4 is 28.8 Å². The van der Waals surface area contributed by atoms with Crippen LogP contribution in [0.15, 0.2) is 16.9 Å². The summed E-state index contributed by atoms with van der Waals surface area (Å²) >= 11 is 1.16. The molecule has 1 saturated heterocycles. The van der Waals surface area contributed by atoms with Gasteiger partial charge in [0, 0.05) is 5.70 Å². The number of hydrogen-bond acceptors (Lipinski definition) is 5. The van der Waals surface area contributed by atoms with Crippen molar-refractivity contribution in [3.05, 3.63) is 11.8 Å². The number of nitrogens with one attached hydrogen (secondary N) is 2. The first-order valence-electron chi connectivity index (χ1n) is 7.48. The number of rotatable bonds is 4. The van der Waals surface area contributed by atoms with E-state index in [0.29, 0.717) is 16.5 Å². The van der Waals surface area contributed by atoms with Crippen molar-refractivity contribution in [2.24, 2.45) is 16.4 Å². The van der Waals surface area contributed by atoms with Gasteiger partial charge in [-0.15, -0.1) is 0 Å². The quantitative estimate of drug-likeness (QED) is 0.690. The number of amides is 1. The van der Waals surface area contributed by atoms with Crippen LogP contribution < -0.4 is 10.7 Å². The van der Waals surface area contributed by atoms with Gasteiger partial charge in [-0.3, -0.25) is 15.0 Å². The normalized spacial score (nSPS) is 27.5. The molecule has 7 heteroatoms. The van der Waals surface area contributed by atoms with Gasteiger partial charge in [-0.25, -0.2) is 0 Å². The Balaban J connectivity index is 1.87. The lowest BCUT2D eigenvalue weighted by atomic mass is 9.74. The number of amidine groups is 1. The van der Waals surface area contributed by atoms with Crippen molar-refractivity contribution in [3.63, 3.8) is 0 Å². The molecule has 0 aromatic carbocycles. The first kappa shape index (κ1) is 16.9. The molecule has 0 aromatic rings. The van der Waals surface area contributed by atoms with Crippen LogP contribution >= 0.6 is 11.8 Å². The van der Waals surface area contributed by atoms with Crippen molar-refractivity contribution < 1.29 is 14.7 Å². The monoisotopic (exact) mass is 325 g/mol. The van der Waals surface area contributed by atoms with Gasteiger partial charge >= 0.3 is 5.97 Å². The SMILES string of the molecule is CC(C)(C)C1CC=C(N/N=C2\NC(=O)C(CC(=O)O)S2)CC1. The Morgan fingerprint density at radius 3 is 2.82 bits per heavy atom. The molecular formula is C15H23N3O3S. The maximum Gasteiger partial charge on any atom is 0.305 e. The summed E-state index contributed by atoms with van der Waals surface area (Å²) in [5.41, 5.74) is 4.37. The first-order valence-corrected chi connectivity index (χ1v) is 8.35. The van der Waals surface area contributed by atoms with Gasteiger partial charge in [0.1, 0.15) is 5.25 Å². The molecule has 1 heterocycles. The van der Waals surface area contributed by atoms with Crippen LogP contribution in [0.25, 0.3) is 0 Å². The third-order valence-electron chi connectivity index (χ3n) is 4.07. The van der Waals surface area contributed by atoms with Gasteiger partial charge < -0.3 is 10.4 Å². The van der Waals surface area contributed by atoms with E-state index in [1.165, 1.54) is 0 Å². The largest absolute Gasteiger partial charge is 0.481 e. The number of hydrazone groups is 1. The van der Waals surface area contributed by atoms with Crippen LogP contribution in [0.2, 0.25) is 0 Å². The highest BCUT2D eigenvalue weighted by atomic mass is 32.2. The minimum atomic E-state index is -0.981. The molecule has 1 amide bonds. The van der Waals surface area contributed by atoms with E-state index in [9.17, 15) is 9.59 Å². The van der Waals surface area contributed by atoms with E-state index < -0.39 is 11.2 Å². The summed E-state index contributed by atoms with van der Waals surface area (Å²) in [5, 5.41) is 15.4. The number of carbonyl (C=O) groups is 2. The van der Waals surface area contributed by atoms with E-state index in [1.807, 2.05) is 0 Å². The van der Waals surface area contributed by atoms with Crippen LogP contribution in [-0.2, 0) is 9.59 Å². The molecule has 2 atom stereocenters. The molecule has 2 rings (SSSR count). The standard InChI is InChI=1S/C15H23N3O3S/c1-15(2,3)9-4-6-10(7-5-9)17-18-14-16-13(21)11(22-14)8-12(19)20/h6,9,11,17H,4-5,7-8H2,1-3H3,(H,19,20)(H,16,18,21). The summed E-state index contributed by atoms with van der Waals surface area (Å²) in [6, 6.07) is 0. The van der Waals surface area contributed by atoms with Crippen LogP contribution in [-0.4, -0.2) is 27.4 Å². The third kappa shape index (κ3) is 4.50. The Bertz CT molecular complexity index is 523. The van der Waals surface area contributed by atoms with Crippen molar-refractivity contribution in [1.29, 1.82) is 0 Å². The Morgan fingerprint density at radius 2 is 2.27 bits per heavy atom. The number of carboxylic acid groups (broad SMARTS) is 1. The van der Waals surface area contributed by atoms with E-state index in [0.717, 1.165) is 36.7 Å². The van der Waals surface area contributed by atoms with Crippen molar-refractivity contribution in [1.82, 2.24) is 10.7 Å². The molecule has 0 radical (unpaired) electrons. The van der Waals surface area contributed by atoms with Crippen LogP contribution in [0.4, 0.5) is 0 Å². The molecule has 6 nitrogen and oxygen atoms in total. The van der Waals surface area contributed by atoms with Gasteiger partial charge in [0.25, 0.3) is 0 Å². The fourth-order valence-electron chi connectivity index (χ4n) is 2.60. The number of nitrogens with zero attached hydrogens (tertiary/aromatic N) is 1. The molecule has 3 N–H and O–H groups in total. The highest BCUT2D eigenvalue weighted by molar-refractivity contribution is 8.15. The van der Waals surface area contributed by atoms with Crippen molar-refractivity contribution in [2.75, 3.05) is 0 Å². The molecule has 1 aliphatic carbocycles. The molecule has 0 aromatic heterocycles. The van der Waals surface area contributed by atoms with E-state index in [1.54, 1.807) is 0 Å². The van der Waals surface area contributed by atoms with Gasteiger partial charge in [-0.05, 0) is 30.6 Å². The molecule has 1 aliphatic heterocycles. The molecular weight excluding hydrogens is 302 g/mol. The van der Waals surface area contributed by atoms with Crippen molar-refractivity contribution in [2.45, 2.75) is 51.7 Å². The Kier molecular flexibility index (Phi) is 5.16. The average Bonchev–Trinajstić information content (AvgIpc) is 2.76. The summed E-state index contributed by atoms with van der Waals surface area (Å²) in [7, 11) is 0. The predicted octanol–water partition coefficient (Wildman–Crippen LogP) is 2.28. The lowest BCUT2D eigenvalue weighted by molar-refractivity contribution is -0.138. The molecule has 0 spiro atoms. The number of allylic oxidation sites excluding steroid dienone is 2. The zero-order chi connectivity index (χ0) is 16.3. The summed E-state index contributed by atoms with van der Waals surface area (Å²) in [4.78, 5) is 22.3. The average molecular weight is 325 g/mol. The summed E-state index contributed by atoms with van der Waals surface area (Å²) in [6.45, 7) is 6.78. The topological polar surface area (TPSA) is 90.8 Å². The molecule has 22 heavy (non-hydrogen) atoms. The Morgan fingerprint density at radius 1 is 1.55 bits per heavy atom. The number of carboxylic acids is 1. The zero-order valence-corrected chi connectivity index (χ0v) is 14.0. The maximum absolute atomic E-state index is 11.6. The van der Waals surface area contributed by atoms with Crippen LogP contribution in [0.3, 0.4) is 0 Å². The summed E-state index contributed by atoms with van der Waals surface area (Å²) in [6.07, 6.45) is 5.06. The molecule has 2 unspecified atom stereocenters. The van der Waals surface area contributed by atoms with E-state index in [-0.39, 0.29) is 12.3 Å². The fraction of sp³-hybridized carbons (Fsp3) is 0.667. The number of thioether (sulfide) groups is 1.